The number of nitrogens with one attached hydrogen (secondary N) is 2. The zero-order valence-electron chi connectivity index (χ0n) is 8.58. The van der Waals surface area contributed by atoms with Gasteiger partial charge in [0.2, 0.25) is 5.91 Å². The lowest BCUT2D eigenvalue weighted by Gasteiger charge is -2.19. The number of hydrogen-bond acceptors (Lipinski definition) is 4. The first kappa shape index (κ1) is 9.97. The molecule has 6 nitrogen and oxygen atoms in total. The van der Waals surface area contributed by atoms with Crippen LogP contribution >= 0.6 is 0 Å². The number of nitrogens with two attached hydrogens (primary N) is 2. The lowest BCUT2D eigenvalue weighted by molar-refractivity contribution is -0.119. The van der Waals surface area contributed by atoms with E-state index in [4.69, 9.17) is 11.5 Å². The Bertz CT molecular complexity index is 366. The standard InChI is InChI=1S/C9H15N5O/c1-4-7(9(11)14-13-4)8(10)5-2-3-6(15)12-5/h5,8H,2-3,10H2,1H3,(H,12,15)(H3,11,13,14)/t5-,8-/m0/s1. The summed E-state index contributed by atoms with van der Waals surface area (Å²) < 4.78 is 0. The molecule has 1 aromatic rings. The SMILES string of the molecule is Cc1[nH]nc(N)c1[C@@H](N)[C@@H]1CCC(=O)N1. The highest BCUT2D eigenvalue weighted by Gasteiger charge is 2.30. The van der Waals surface area contributed by atoms with Crippen LogP contribution in [0.4, 0.5) is 5.82 Å². The van der Waals surface area contributed by atoms with E-state index in [1.54, 1.807) is 0 Å². The van der Waals surface area contributed by atoms with Gasteiger partial charge in [0, 0.05) is 23.7 Å². The highest BCUT2D eigenvalue weighted by atomic mass is 16.1. The van der Waals surface area contributed by atoms with Gasteiger partial charge in [-0.1, -0.05) is 0 Å². The molecule has 1 aliphatic heterocycles. The first-order valence-corrected chi connectivity index (χ1v) is 4.95. The molecule has 15 heavy (non-hydrogen) atoms. The van der Waals surface area contributed by atoms with Gasteiger partial charge in [-0.3, -0.25) is 9.89 Å². The molecule has 2 rings (SSSR count). The average molecular weight is 209 g/mol. The summed E-state index contributed by atoms with van der Waals surface area (Å²) in [6.45, 7) is 1.87. The molecular weight excluding hydrogens is 194 g/mol. The van der Waals surface area contributed by atoms with E-state index >= 15 is 0 Å². The second-order valence-electron chi connectivity index (χ2n) is 3.89. The van der Waals surface area contributed by atoms with Crippen LogP contribution in [0.5, 0.6) is 0 Å². The van der Waals surface area contributed by atoms with Gasteiger partial charge in [-0.25, -0.2) is 0 Å². The summed E-state index contributed by atoms with van der Waals surface area (Å²) in [5.74, 6) is 0.469. The highest BCUT2D eigenvalue weighted by Crippen LogP contribution is 2.26. The van der Waals surface area contributed by atoms with Gasteiger partial charge < -0.3 is 16.8 Å². The summed E-state index contributed by atoms with van der Waals surface area (Å²) >= 11 is 0. The highest BCUT2D eigenvalue weighted by molar-refractivity contribution is 5.78. The number of aromatic amines is 1. The van der Waals surface area contributed by atoms with E-state index in [1.807, 2.05) is 6.92 Å². The fourth-order valence-electron chi connectivity index (χ4n) is 1.99. The Hall–Kier alpha value is -1.56. The van der Waals surface area contributed by atoms with Gasteiger partial charge in [0.05, 0.1) is 6.04 Å². The predicted octanol–water partition coefficient (Wildman–Crippen LogP) is -0.421. The molecule has 0 radical (unpaired) electrons. The number of amides is 1. The minimum atomic E-state index is -0.282. The quantitative estimate of drug-likeness (QED) is 0.530. The van der Waals surface area contributed by atoms with Crippen LogP contribution in [0.2, 0.25) is 0 Å². The Balaban J connectivity index is 2.20. The smallest absolute Gasteiger partial charge is 0.220 e. The number of carbonyl (C=O) groups is 1. The van der Waals surface area contributed by atoms with Crippen molar-refractivity contribution in [2.45, 2.75) is 31.8 Å². The Morgan fingerprint density at radius 3 is 2.80 bits per heavy atom. The summed E-state index contributed by atoms with van der Waals surface area (Å²) in [7, 11) is 0. The fourth-order valence-corrected chi connectivity index (χ4v) is 1.99. The normalized spacial score (nSPS) is 22.8. The van der Waals surface area contributed by atoms with E-state index in [0.717, 1.165) is 17.7 Å². The molecule has 0 bridgehead atoms. The third kappa shape index (κ3) is 1.68. The van der Waals surface area contributed by atoms with Crippen LogP contribution in [0, 0.1) is 6.92 Å². The van der Waals surface area contributed by atoms with Crippen LogP contribution in [-0.4, -0.2) is 22.1 Å². The summed E-state index contributed by atoms with van der Waals surface area (Å²) in [6.07, 6.45) is 1.29. The number of nitrogens with zero attached hydrogens (tertiary/aromatic N) is 1. The van der Waals surface area contributed by atoms with Gasteiger partial charge >= 0.3 is 0 Å². The van der Waals surface area contributed by atoms with Gasteiger partial charge in [0.25, 0.3) is 0 Å². The van der Waals surface area contributed by atoms with Crippen molar-refractivity contribution in [1.29, 1.82) is 0 Å². The van der Waals surface area contributed by atoms with E-state index in [-0.39, 0.29) is 18.0 Å². The van der Waals surface area contributed by atoms with Gasteiger partial charge in [0.15, 0.2) is 0 Å². The third-order valence-electron chi connectivity index (χ3n) is 2.82. The second kappa shape index (κ2) is 3.54. The van der Waals surface area contributed by atoms with Crippen LogP contribution in [0.3, 0.4) is 0 Å². The van der Waals surface area contributed by atoms with Gasteiger partial charge in [-0.05, 0) is 13.3 Å². The molecule has 1 fully saturated rings. The van der Waals surface area contributed by atoms with E-state index in [9.17, 15) is 4.79 Å². The maximum atomic E-state index is 11.1. The predicted molar refractivity (Wildman–Crippen MR) is 55.8 cm³/mol. The summed E-state index contributed by atoms with van der Waals surface area (Å²) in [6, 6.07) is -0.314. The molecule has 2 atom stereocenters. The van der Waals surface area contributed by atoms with E-state index < -0.39 is 0 Å². The van der Waals surface area contributed by atoms with Crippen LogP contribution in [-0.2, 0) is 4.79 Å². The fraction of sp³-hybridized carbons (Fsp3) is 0.556. The molecule has 0 aromatic carbocycles. The van der Waals surface area contributed by atoms with Gasteiger partial charge in [0.1, 0.15) is 5.82 Å². The van der Waals surface area contributed by atoms with Crippen LogP contribution in [0.1, 0.15) is 30.1 Å². The third-order valence-corrected chi connectivity index (χ3v) is 2.82. The lowest BCUT2D eigenvalue weighted by Crippen LogP contribution is -2.36. The number of carbonyl (C=O) groups excluding carboxylic acids is 1. The molecule has 82 valence electrons. The number of rotatable bonds is 2. The van der Waals surface area contributed by atoms with Crippen molar-refractivity contribution in [3.8, 4) is 0 Å². The van der Waals surface area contributed by atoms with Crippen molar-refractivity contribution in [1.82, 2.24) is 15.5 Å². The number of hydrogen-bond donors (Lipinski definition) is 4. The Kier molecular flexibility index (Phi) is 2.36. The molecule has 1 aliphatic rings. The van der Waals surface area contributed by atoms with Crippen LogP contribution in [0.15, 0.2) is 0 Å². The summed E-state index contributed by atoms with van der Waals surface area (Å²) in [4.78, 5) is 11.1. The van der Waals surface area contributed by atoms with Crippen molar-refractivity contribution < 1.29 is 4.79 Å². The minimum Gasteiger partial charge on any atom is -0.382 e. The Morgan fingerprint density at radius 1 is 1.60 bits per heavy atom. The monoisotopic (exact) mass is 209 g/mol. The second-order valence-corrected chi connectivity index (χ2v) is 3.89. The number of anilines is 1. The molecule has 2 heterocycles. The molecule has 0 saturated carbocycles. The number of aromatic nitrogens is 2. The largest absolute Gasteiger partial charge is 0.382 e. The van der Waals surface area contributed by atoms with Crippen LogP contribution < -0.4 is 16.8 Å². The van der Waals surface area contributed by atoms with Crippen molar-refractivity contribution in [3.05, 3.63) is 11.3 Å². The molecule has 0 unspecified atom stereocenters. The summed E-state index contributed by atoms with van der Waals surface area (Å²) in [5.41, 5.74) is 13.4. The number of aryl methyl sites for hydroxylation is 1. The summed E-state index contributed by atoms with van der Waals surface area (Å²) in [5, 5.41) is 9.51. The maximum Gasteiger partial charge on any atom is 0.220 e. The van der Waals surface area contributed by atoms with Crippen molar-refractivity contribution in [2.24, 2.45) is 5.73 Å². The molecule has 0 aliphatic carbocycles. The molecule has 1 amide bonds. The van der Waals surface area contributed by atoms with Gasteiger partial charge in [-0.2, -0.15) is 5.10 Å². The topological polar surface area (TPSA) is 110 Å². The van der Waals surface area contributed by atoms with E-state index in [1.165, 1.54) is 0 Å². The van der Waals surface area contributed by atoms with Gasteiger partial charge in [-0.15, -0.1) is 0 Å². The van der Waals surface area contributed by atoms with Crippen molar-refractivity contribution in [3.63, 3.8) is 0 Å². The first-order valence-electron chi connectivity index (χ1n) is 4.95. The molecule has 6 heteroatoms. The molecule has 1 aromatic heterocycles. The molecule has 6 N–H and O–H groups in total. The zero-order valence-corrected chi connectivity index (χ0v) is 8.58. The zero-order chi connectivity index (χ0) is 11.0. The lowest BCUT2D eigenvalue weighted by atomic mass is 9.99. The average Bonchev–Trinajstić information content (AvgIpc) is 2.73. The molecular formula is C9H15N5O. The maximum absolute atomic E-state index is 11.1. The van der Waals surface area contributed by atoms with Crippen LogP contribution in [0.25, 0.3) is 0 Å². The molecule has 0 spiro atoms. The Morgan fingerprint density at radius 2 is 2.33 bits per heavy atom. The van der Waals surface area contributed by atoms with E-state index in [0.29, 0.717) is 12.2 Å². The number of H-pyrrole nitrogens is 1. The minimum absolute atomic E-state index is 0.0314. The van der Waals surface area contributed by atoms with Crippen molar-refractivity contribution in [2.75, 3.05) is 5.73 Å². The first-order chi connectivity index (χ1) is 7.09. The Labute approximate surface area is 87.4 Å². The van der Waals surface area contributed by atoms with Crippen molar-refractivity contribution >= 4 is 11.7 Å². The number of nitrogen functional groups attached to an aromatic ring is 1. The molecule has 1 saturated heterocycles. The van der Waals surface area contributed by atoms with E-state index in [2.05, 4.69) is 15.5 Å².